The van der Waals surface area contributed by atoms with Crippen molar-refractivity contribution >= 4 is 5.97 Å². The van der Waals surface area contributed by atoms with Crippen LogP contribution in [-0.4, -0.2) is 19.6 Å². The molecule has 6 heteroatoms. The minimum absolute atomic E-state index is 0.0212. The third kappa shape index (κ3) is 3.11. The van der Waals surface area contributed by atoms with Crippen LogP contribution in [0.25, 0.3) is 0 Å². The van der Waals surface area contributed by atoms with Crippen molar-refractivity contribution in [2.75, 3.05) is 13.7 Å². The fourth-order valence-corrected chi connectivity index (χ4v) is 2.05. The van der Waals surface area contributed by atoms with E-state index in [-0.39, 0.29) is 17.1 Å². The van der Waals surface area contributed by atoms with E-state index in [1.165, 1.54) is 37.4 Å². The van der Waals surface area contributed by atoms with Gasteiger partial charge in [-0.15, -0.1) is 0 Å². The third-order valence-electron chi connectivity index (χ3n) is 2.99. The molecule has 2 aromatic rings. The van der Waals surface area contributed by atoms with Gasteiger partial charge in [0.15, 0.2) is 0 Å². The van der Waals surface area contributed by atoms with Gasteiger partial charge in [-0.2, -0.15) is 0 Å². The van der Waals surface area contributed by atoms with E-state index in [2.05, 4.69) is 10.1 Å². The molecule has 112 valence electrons. The molecule has 1 N–H and O–H groups in total. The molecule has 0 fully saturated rings. The fraction of sp³-hybridized carbons (Fsp3) is 0.267. The third-order valence-corrected chi connectivity index (χ3v) is 2.99. The Balaban J connectivity index is 2.44. The number of ether oxygens (including phenoxy) is 1. The maximum atomic E-state index is 13.9. The standard InChI is InChI=1S/C15H15F2NO3/c1-3-18-14(13-9(16)5-4-6-10(13)17)11-7-8-12(21-11)15(19)20-2/h4-8,14,18H,3H2,1-2H3. The zero-order valence-corrected chi connectivity index (χ0v) is 11.7. The maximum Gasteiger partial charge on any atom is 0.373 e. The molecule has 1 aromatic heterocycles. The minimum atomic E-state index is -0.824. The van der Waals surface area contributed by atoms with Gasteiger partial charge in [0.1, 0.15) is 17.4 Å². The number of esters is 1. The molecular formula is C15H15F2NO3. The molecule has 0 aliphatic rings. The summed E-state index contributed by atoms with van der Waals surface area (Å²) >= 11 is 0. The first-order valence-electron chi connectivity index (χ1n) is 6.43. The van der Waals surface area contributed by atoms with Crippen molar-refractivity contribution in [1.29, 1.82) is 0 Å². The molecule has 0 amide bonds. The number of nitrogens with one attached hydrogen (secondary N) is 1. The number of hydrogen-bond donors (Lipinski definition) is 1. The van der Waals surface area contributed by atoms with Crippen LogP contribution >= 0.6 is 0 Å². The lowest BCUT2D eigenvalue weighted by Gasteiger charge is -2.17. The maximum absolute atomic E-state index is 13.9. The van der Waals surface area contributed by atoms with E-state index in [1.54, 1.807) is 6.92 Å². The van der Waals surface area contributed by atoms with Crippen molar-refractivity contribution < 1.29 is 22.7 Å². The Morgan fingerprint density at radius 2 is 1.95 bits per heavy atom. The molecule has 4 nitrogen and oxygen atoms in total. The Labute approximate surface area is 120 Å². The highest BCUT2D eigenvalue weighted by Gasteiger charge is 2.25. The van der Waals surface area contributed by atoms with Gasteiger partial charge in [-0.1, -0.05) is 13.0 Å². The van der Waals surface area contributed by atoms with Crippen LogP contribution in [0, 0.1) is 11.6 Å². The Morgan fingerprint density at radius 1 is 1.29 bits per heavy atom. The average Bonchev–Trinajstić information content (AvgIpc) is 2.95. The number of rotatable bonds is 5. The SMILES string of the molecule is CCNC(c1ccc(C(=O)OC)o1)c1c(F)cccc1F. The van der Waals surface area contributed by atoms with E-state index in [1.807, 2.05) is 0 Å². The monoisotopic (exact) mass is 295 g/mol. The Bertz CT molecular complexity index is 619. The highest BCUT2D eigenvalue weighted by atomic mass is 19.1. The Hall–Kier alpha value is -2.21. The number of methoxy groups -OCH3 is 1. The lowest BCUT2D eigenvalue weighted by atomic mass is 10.0. The minimum Gasteiger partial charge on any atom is -0.463 e. The summed E-state index contributed by atoms with van der Waals surface area (Å²) in [7, 11) is 1.23. The number of hydrogen-bond acceptors (Lipinski definition) is 4. The van der Waals surface area contributed by atoms with Gasteiger partial charge in [-0.05, 0) is 30.8 Å². The second-order valence-electron chi connectivity index (χ2n) is 4.32. The summed E-state index contributed by atoms with van der Waals surface area (Å²) in [5.74, 6) is -1.80. The van der Waals surface area contributed by atoms with Gasteiger partial charge in [0.25, 0.3) is 0 Å². The van der Waals surface area contributed by atoms with Crippen LogP contribution in [-0.2, 0) is 4.74 Å². The van der Waals surface area contributed by atoms with Gasteiger partial charge >= 0.3 is 5.97 Å². The van der Waals surface area contributed by atoms with Gasteiger partial charge in [0.2, 0.25) is 5.76 Å². The lowest BCUT2D eigenvalue weighted by molar-refractivity contribution is 0.0562. The molecule has 0 bridgehead atoms. The molecule has 0 aliphatic carbocycles. The van der Waals surface area contributed by atoms with Crippen LogP contribution in [0.2, 0.25) is 0 Å². The molecule has 1 heterocycles. The van der Waals surface area contributed by atoms with Gasteiger partial charge in [-0.3, -0.25) is 0 Å². The Morgan fingerprint density at radius 3 is 2.52 bits per heavy atom. The zero-order chi connectivity index (χ0) is 15.4. The van der Waals surface area contributed by atoms with E-state index in [0.717, 1.165) is 0 Å². The molecule has 1 aromatic carbocycles. The van der Waals surface area contributed by atoms with Crippen molar-refractivity contribution in [2.45, 2.75) is 13.0 Å². The molecule has 0 saturated heterocycles. The number of furan rings is 1. The summed E-state index contributed by atoms with van der Waals surface area (Å²) in [6.45, 7) is 2.27. The molecule has 2 rings (SSSR count). The van der Waals surface area contributed by atoms with Gasteiger partial charge < -0.3 is 14.5 Å². The first-order valence-corrected chi connectivity index (χ1v) is 6.43. The van der Waals surface area contributed by atoms with E-state index in [4.69, 9.17) is 4.42 Å². The quantitative estimate of drug-likeness (QED) is 0.861. The molecule has 1 atom stereocenters. The van der Waals surface area contributed by atoms with Crippen molar-refractivity contribution in [1.82, 2.24) is 5.32 Å². The Kier molecular flexibility index (Phi) is 4.70. The number of halogens is 2. The van der Waals surface area contributed by atoms with Crippen molar-refractivity contribution in [3.63, 3.8) is 0 Å². The van der Waals surface area contributed by atoms with Gasteiger partial charge in [0, 0.05) is 5.56 Å². The highest BCUT2D eigenvalue weighted by molar-refractivity contribution is 5.86. The van der Waals surface area contributed by atoms with Crippen molar-refractivity contribution in [3.05, 3.63) is 59.1 Å². The summed E-state index contributed by atoms with van der Waals surface area (Å²) in [5, 5.41) is 2.94. The fourth-order valence-electron chi connectivity index (χ4n) is 2.05. The summed E-state index contributed by atoms with van der Waals surface area (Å²) in [5.41, 5.74) is -0.148. The number of carbonyl (C=O) groups is 1. The predicted molar refractivity (Wildman–Crippen MR) is 71.9 cm³/mol. The summed E-state index contributed by atoms with van der Waals surface area (Å²) in [6.07, 6.45) is 0. The van der Waals surface area contributed by atoms with Gasteiger partial charge in [-0.25, -0.2) is 13.6 Å². The van der Waals surface area contributed by atoms with E-state index < -0.39 is 23.6 Å². The molecule has 1 unspecified atom stereocenters. The molecule has 0 spiro atoms. The van der Waals surface area contributed by atoms with Gasteiger partial charge in [0.05, 0.1) is 13.2 Å². The second-order valence-corrected chi connectivity index (χ2v) is 4.32. The van der Waals surface area contributed by atoms with Crippen LogP contribution in [0.1, 0.15) is 34.8 Å². The van der Waals surface area contributed by atoms with E-state index in [9.17, 15) is 13.6 Å². The molecule has 0 radical (unpaired) electrons. The van der Waals surface area contributed by atoms with Crippen molar-refractivity contribution in [2.24, 2.45) is 0 Å². The second kappa shape index (κ2) is 6.49. The molecule has 0 saturated carbocycles. The van der Waals surface area contributed by atoms with Crippen LogP contribution in [0.5, 0.6) is 0 Å². The van der Waals surface area contributed by atoms with Crippen LogP contribution in [0.3, 0.4) is 0 Å². The first kappa shape index (κ1) is 15.2. The summed E-state index contributed by atoms with van der Waals surface area (Å²) < 4.78 is 37.7. The normalized spacial score (nSPS) is 12.2. The topological polar surface area (TPSA) is 51.5 Å². The first-order chi connectivity index (χ1) is 10.1. The molecule has 0 aliphatic heterocycles. The number of carbonyl (C=O) groups excluding carboxylic acids is 1. The lowest BCUT2D eigenvalue weighted by Crippen LogP contribution is -2.23. The zero-order valence-electron chi connectivity index (χ0n) is 11.7. The highest BCUT2D eigenvalue weighted by Crippen LogP contribution is 2.28. The average molecular weight is 295 g/mol. The van der Waals surface area contributed by atoms with Crippen molar-refractivity contribution in [3.8, 4) is 0 Å². The van der Waals surface area contributed by atoms with E-state index >= 15 is 0 Å². The number of benzene rings is 1. The largest absolute Gasteiger partial charge is 0.463 e. The predicted octanol–water partition coefficient (Wildman–Crippen LogP) is 3.04. The van der Waals surface area contributed by atoms with Crippen LogP contribution in [0.15, 0.2) is 34.7 Å². The molecule has 21 heavy (non-hydrogen) atoms. The van der Waals surface area contributed by atoms with E-state index in [0.29, 0.717) is 6.54 Å². The molecular weight excluding hydrogens is 280 g/mol. The van der Waals surface area contributed by atoms with Crippen LogP contribution < -0.4 is 5.32 Å². The smallest absolute Gasteiger partial charge is 0.373 e. The summed E-state index contributed by atoms with van der Waals surface area (Å²) in [6, 6.07) is 5.71. The summed E-state index contributed by atoms with van der Waals surface area (Å²) in [4.78, 5) is 11.4. The van der Waals surface area contributed by atoms with Crippen LogP contribution in [0.4, 0.5) is 8.78 Å².